The van der Waals surface area contributed by atoms with Crippen molar-refractivity contribution in [2.24, 2.45) is 10.2 Å². The number of para-hydroxylation sites is 1. The topological polar surface area (TPSA) is 97.6 Å². The lowest BCUT2D eigenvalue weighted by Gasteiger charge is -2.35. The molecule has 3 aliphatic rings. The van der Waals surface area contributed by atoms with Crippen LogP contribution in [0.4, 0.5) is 11.4 Å². The molecule has 1 saturated heterocycles. The zero-order chi connectivity index (χ0) is 25.4. The Hall–Kier alpha value is -3.68. The molecular weight excluding hydrogens is 454 g/mol. The molecule has 8 nitrogen and oxygen atoms in total. The monoisotopic (exact) mass is 487 g/mol. The van der Waals surface area contributed by atoms with E-state index in [1.807, 2.05) is 49.1 Å². The fourth-order valence-corrected chi connectivity index (χ4v) is 5.54. The summed E-state index contributed by atoms with van der Waals surface area (Å²) in [7, 11) is 0. The van der Waals surface area contributed by atoms with Crippen LogP contribution >= 0.6 is 0 Å². The van der Waals surface area contributed by atoms with E-state index < -0.39 is 0 Å². The van der Waals surface area contributed by atoms with Crippen molar-refractivity contribution in [3.8, 4) is 5.75 Å². The number of nitrogens with zero attached hydrogens (tertiary/aromatic N) is 4. The number of aryl methyl sites for hydroxylation is 2. The Bertz CT molecular complexity index is 1270. The molecule has 2 fully saturated rings. The quantitative estimate of drug-likeness (QED) is 0.465. The predicted molar refractivity (Wildman–Crippen MR) is 142 cm³/mol. The van der Waals surface area contributed by atoms with Crippen LogP contribution in [0.15, 0.2) is 46.6 Å². The molecule has 1 aliphatic carbocycles. The number of hydrogen-bond donors (Lipinski definition) is 2. The van der Waals surface area contributed by atoms with Gasteiger partial charge in [-0.3, -0.25) is 15.0 Å². The van der Waals surface area contributed by atoms with Gasteiger partial charge in [0.15, 0.2) is 5.71 Å². The molecule has 2 aromatic rings. The molecule has 2 amide bonds. The van der Waals surface area contributed by atoms with Crippen LogP contribution < -0.4 is 10.4 Å². The number of phenolic OH excluding ortho intramolecular Hbond substituents is 1. The molecule has 2 aliphatic heterocycles. The van der Waals surface area contributed by atoms with E-state index in [-0.39, 0.29) is 35.2 Å². The van der Waals surface area contributed by atoms with E-state index in [0.717, 1.165) is 55.3 Å². The van der Waals surface area contributed by atoms with Crippen LogP contribution in [-0.4, -0.2) is 45.8 Å². The van der Waals surface area contributed by atoms with E-state index in [0.29, 0.717) is 23.5 Å². The minimum atomic E-state index is -0.315. The molecule has 8 heteroatoms. The Kier molecular flexibility index (Phi) is 6.51. The normalized spacial score (nSPS) is 23.5. The smallest absolute Gasteiger partial charge is 0.301 e. The molecule has 0 spiro atoms. The summed E-state index contributed by atoms with van der Waals surface area (Å²) in [4.78, 5) is 27.4. The van der Waals surface area contributed by atoms with Gasteiger partial charge in [0.05, 0.1) is 17.1 Å². The SMILES string of the molecule is CC1=NN(c2ccc(C)c(C)c2)C(=O)C1=NNc1cccc(C2CCCC(N3CCCC3=O)C2)c1O. The Morgan fingerprint density at radius 2 is 1.89 bits per heavy atom. The molecule has 5 rings (SSSR count). The number of aromatic hydroxyl groups is 1. The van der Waals surface area contributed by atoms with Gasteiger partial charge in [0.2, 0.25) is 5.91 Å². The highest BCUT2D eigenvalue weighted by Crippen LogP contribution is 2.42. The third-order valence-corrected chi connectivity index (χ3v) is 7.72. The Morgan fingerprint density at radius 1 is 1.06 bits per heavy atom. The first-order valence-electron chi connectivity index (χ1n) is 12.8. The summed E-state index contributed by atoms with van der Waals surface area (Å²) in [5.74, 6) is 0.253. The number of rotatable bonds is 5. The van der Waals surface area contributed by atoms with Gasteiger partial charge in [-0.05, 0) is 87.3 Å². The highest BCUT2D eigenvalue weighted by atomic mass is 16.3. The summed E-state index contributed by atoms with van der Waals surface area (Å²) >= 11 is 0. The van der Waals surface area contributed by atoms with Crippen LogP contribution in [0.2, 0.25) is 0 Å². The number of anilines is 2. The largest absolute Gasteiger partial charge is 0.505 e. The molecular formula is C28H33N5O3. The maximum absolute atomic E-state index is 13.1. The van der Waals surface area contributed by atoms with Gasteiger partial charge in [-0.2, -0.15) is 15.2 Å². The van der Waals surface area contributed by atoms with E-state index in [4.69, 9.17) is 0 Å². The minimum absolute atomic E-state index is 0.145. The molecule has 0 radical (unpaired) electrons. The molecule has 188 valence electrons. The van der Waals surface area contributed by atoms with Gasteiger partial charge in [-0.25, -0.2) is 0 Å². The third kappa shape index (κ3) is 4.47. The summed E-state index contributed by atoms with van der Waals surface area (Å²) in [5.41, 5.74) is 7.85. The van der Waals surface area contributed by atoms with Crippen LogP contribution in [0.5, 0.6) is 5.75 Å². The number of hydrazone groups is 2. The van der Waals surface area contributed by atoms with Gasteiger partial charge >= 0.3 is 5.91 Å². The fourth-order valence-electron chi connectivity index (χ4n) is 5.54. The van der Waals surface area contributed by atoms with Crippen molar-refractivity contribution >= 4 is 34.6 Å². The fraction of sp³-hybridized carbons (Fsp3) is 0.429. The number of phenols is 1. The molecule has 2 atom stereocenters. The van der Waals surface area contributed by atoms with Gasteiger partial charge in [0.1, 0.15) is 5.75 Å². The summed E-state index contributed by atoms with van der Waals surface area (Å²) in [6.07, 6.45) is 5.46. The van der Waals surface area contributed by atoms with Crippen molar-refractivity contribution in [3.05, 3.63) is 53.1 Å². The zero-order valence-electron chi connectivity index (χ0n) is 21.1. The Balaban J connectivity index is 1.32. The number of carbonyl (C=O) groups excluding carboxylic acids is 2. The molecule has 2 unspecified atom stereocenters. The van der Waals surface area contributed by atoms with Crippen molar-refractivity contribution in [2.45, 2.75) is 71.3 Å². The maximum atomic E-state index is 13.1. The van der Waals surface area contributed by atoms with Crippen molar-refractivity contribution in [3.63, 3.8) is 0 Å². The summed E-state index contributed by atoms with van der Waals surface area (Å²) in [6, 6.07) is 11.6. The molecule has 36 heavy (non-hydrogen) atoms. The molecule has 2 heterocycles. The average molecular weight is 488 g/mol. The van der Waals surface area contributed by atoms with Crippen LogP contribution in [0.3, 0.4) is 0 Å². The summed E-state index contributed by atoms with van der Waals surface area (Å²) < 4.78 is 0. The van der Waals surface area contributed by atoms with E-state index in [1.54, 1.807) is 13.0 Å². The van der Waals surface area contributed by atoms with Gasteiger partial charge in [-0.15, -0.1) is 0 Å². The van der Waals surface area contributed by atoms with Crippen molar-refractivity contribution < 1.29 is 14.7 Å². The lowest BCUT2D eigenvalue weighted by molar-refractivity contribution is -0.130. The number of benzene rings is 2. The maximum Gasteiger partial charge on any atom is 0.301 e. The van der Waals surface area contributed by atoms with E-state index >= 15 is 0 Å². The standard InChI is InChI=1S/C28H33N5O3/c1-17-12-13-22(15-18(17)2)33-28(36)26(19(3)31-33)30-29-24-10-5-9-23(27(24)35)20-7-4-8-21(16-20)32-14-6-11-25(32)34/h5,9-10,12-13,15,20-21,29,35H,4,6-8,11,14,16H2,1-3H3. The van der Waals surface area contributed by atoms with E-state index in [1.165, 1.54) is 5.01 Å². The lowest BCUT2D eigenvalue weighted by atomic mass is 9.80. The molecule has 2 aromatic carbocycles. The highest BCUT2D eigenvalue weighted by Gasteiger charge is 2.34. The molecule has 2 N–H and O–H groups in total. The second-order valence-electron chi connectivity index (χ2n) is 10.1. The van der Waals surface area contributed by atoms with Crippen LogP contribution in [0.1, 0.15) is 68.1 Å². The van der Waals surface area contributed by atoms with Crippen molar-refractivity contribution in [2.75, 3.05) is 17.0 Å². The Morgan fingerprint density at radius 3 is 2.64 bits per heavy atom. The number of likely N-dealkylation sites (tertiary alicyclic amines) is 1. The second kappa shape index (κ2) is 9.76. The Labute approximate surface area is 211 Å². The van der Waals surface area contributed by atoms with Crippen molar-refractivity contribution in [1.82, 2.24) is 4.90 Å². The van der Waals surface area contributed by atoms with Gasteiger partial charge in [0, 0.05) is 19.0 Å². The third-order valence-electron chi connectivity index (χ3n) is 7.72. The number of nitrogens with one attached hydrogen (secondary N) is 1. The molecule has 0 aromatic heterocycles. The summed E-state index contributed by atoms with van der Waals surface area (Å²) in [6.45, 7) is 6.61. The number of hydrogen-bond acceptors (Lipinski definition) is 6. The van der Waals surface area contributed by atoms with Gasteiger partial charge < -0.3 is 10.0 Å². The second-order valence-corrected chi connectivity index (χ2v) is 10.1. The van der Waals surface area contributed by atoms with E-state index in [9.17, 15) is 14.7 Å². The lowest BCUT2D eigenvalue weighted by Crippen LogP contribution is -2.39. The number of amides is 2. The van der Waals surface area contributed by atoms with Gasteiger partial charge in [-0.1, -0.05) is 24.6 Å². The minimum Gasteiger partial charge on any atom is -0.505 e. The predicted octanol–water partition coefficient (Wildman–Crippen LogP) is 4.85. The zero-order valence-corrected chi connectivity index (χ0v) is 21.1. The first-order chi connectivity index (χ1) is 17.3. The first kappa shape index (κ1) is 24.0. The van der Waals surface area contributed by atoms with Gasteiger partial charge in [0.25, 0.3) is 0 Å². The first-order valence-corrected chi connectivity index (χ1v) is 12.8. The van der Waals surface area contributed by atoms with Crippen LogP contribution in [0.25, 0.3) is 0 Å². The molecule has 0 bridgehead atoms. The highest BCUT2D eigenvalue weighted by molar-refractivity contribution is 6.71. The molecule has 1 saturated carbocycles. The van der Waals surface area contributed by atoms with Crippen molar-refractivity contribution in [1.29, 1.82) is 0 Å². The van der Waals surface area contributed by atoms with Crippen LogP contribution in [0, 0.1) is 13.8 Å². The van der Waals surface area contributed by atoms with E-state index in [2.05, 4.69) is 15.6 Å². The summed E-state index contributed by atoms with van der Waals surface area (Å²) in [5, 5.41) is 21.2. The van der Waals surface area contributed by atoms with Crippen LogP contribution in [-0.2, 0) is 9.59 Å². The number of carbonyl (C=O) groups is 2. The average Bonchev–Trinajstić information content (AvgIpc) is 3.42.